The number of benzene rings is 1. The van der Waals surface area contributed by atoms with Crippen molar-refractivity contribution in [2.45, 2.75) is 25.8 Å². The molecule has 1 saturated heterocycles. The van der Waals surface area contributed by atoms with Crippen molar-refractivity contribution in [1.29, 1.82) is 0 Å². The van der Waals surface area contributed by atoms with E-state index < -0.39 is 0 Å². The van der Waals surface area contributed by atoms with Crippen LogP contribution in [0.4, 0.5) is 16.2 Å². The Morgan fingerprint density at radius 1 is 1.24 bits per heavy atom. The maximum Gasteiger partial charge on any atom is 0.321 e. The molecule has 1 aliphatic rings. The van der Waals surface area contributed by atoms with E-state index in [1.807, 2.05) is 7.05 Å². The Hall–Kier alpha value is -2.51. The zero-order chi connectivity index (χ0) is 21.0. The van der Waals surface area contributed by atoms with Crippen LogP contribution in [-0.2, 0) is 0 Å². The Bertz CT molecular complexity index is 848. The number of hydrogen-bond donors (Lipinski definition) is 2. The van der Waals surface area contributed by atoms with Crippen molar-refractivity contribution >= 4 is 34.9 Å². The largest absolute Gasteiger partial charge is 0.459 e. The topological polar surface area (TPSA) is 77.8 Å². The van der Waals surface area contributed by atoms with Gasteiger partial charge < -0.3 is 24.9 Å². The second kappa shape index (κ2) is 9.33. The van der Waals surface area contributed by atoms with Crippen LogP contribution >= 0.6 is 11.6 Å². The molecule has 7 nitrogen and oxygen atoms in total. The molecule has 3 amide bonds. The normalized spacial score (nSPS) is 16.3. The zero-order valence-electron chi connectivity index (χ0n) is 16.9. The highest BCUT2D eigenvalue weighted by molar-refractivity contribution is 6.34. The molecule has 2 aromatic rings. The maximum atomic E-state index is 12.7. The van der Waals surface area contributed by atoms with E-state index in [1.165, 1.54) is 6.26 Å². The third-order valence-corrected chi connectivity index (χ3v) is 5.90. The molecule has 0 bridgehead atoms. The van der Waals surface area contributed by atoms with Crippen LogP contribution in [0.1, 0.15) is 30.3 Å². The fourth-order valence-corrected chi connectivity index (χ4v) is 3.74. The van der Waals surface area contributed by atoms with Crippen molar-refractivity contribution in [2.24, 2.45) is 5.92 Å². The van der Waals surface area contributed by atoms with Gasteiger partial charge in [-0.2, -0.15) is 0 Å². The first-order chi connectivity index (χ1) is 13.8. The number of halogens is 1. The fourth-order valence-electron chi connectivity index (χ4n) is 3.51. The number of likely N-dealkylation sites (tertiary alicyclic amines) is 1. The van der Waals surface area contributed by atoms with Crippen molar-refractivity contribution in [2.75, 3.05) is 37.8 Å². The minimum absolute atomic E-state index is 0.144. The number of carbonyl (C=O) groups is 2. The molecule has 8 heteroatoms. The van der Waals surface area contributed by atoms with Crippen LogP contribution in [-0.4, -0.2) is 55.0 Å². The summed E-state index contributed by atoms with van der Waals surface area (Å²) in [4.78, 5) is 28.8. The van der Waals surface area contributed by atoms with Gasteiger partial charge in [0.05, 0.1) is 17.0 Å². The number of hydrogen-bond acceptors (Lipinski definition) is 4. The van der Waals surface area contributed by atoms with Crippen LogP contribution < -0.4 is 10.6 Å². The van der Waals surface area contributed by atoms with Gasteiger partial charge in [0.15, 0.2) is 5.76 Å². The Kier molecular flexibility index (Phi) is 6.82. The Labute approximate surface area is 176 Å². The highest BCUT2D eigenvalue weighted by atomic mass is 35.5. The molecule has 2 N–H and O–H groups in total. The molecule has 1 aromatic heterocycles. The van der Waals surface area contributed by atoms with Gasteiger partial charge in [-0.25, -0.2) is 4.79 Å². The van der Waals surface area contributed by atoms with E-state index in [0.29, 0.717) is 22.3 Å². The predicted octanol–water partition coefficient (Wildman–Crippen LogP) is 4.38. The maximum absolute atomic E-state index is 12.7. The van der Waals surface area contributed by atoms with E-state index in [2.05, 4.69) is 29.5 Å². The number of nitrogens with zero attached hydrogens (tertiary/aromatic N) is 2. The van der Waals surface area contributed by atoms with Gasteiger partial charge in [-0.05, 0) is 76.2 Å². The highest BCUT2D eigenvalue weighted by Crippen LogP contribution is 2.27. The first-order valence-electron chi connectivity index (χ1n) is 9.72. The number of piperidine rings is 1. The molecule has 0 radical (unpaired) electrons. The van der Waals surface area contributed by atoms with E-state index in [1.54, 1.807) is 35.2 Å². The van der Waals surface area contributed by atoms with E-state index in [4.69, 9.17) is 16.0 Å². The standard InChI is InChI=1S/C21H27ClN4O3/c1-14(15-8-10-25(2)11-9-15)26(3)21(28)23-16-6-7-18(17(22)13-16)24-20(27)19-5-4-12-29-19/h4-7,12-15H,8-11H2,1-3H3,(H,23,28)(H,24,27). The lowest BCUT2D eigenvalue weighted by atomic mass is 9.90. The first-order valence-corrected chi connectivity index (χ1v) is 10.1. The summed E-state index contributed by atoms with van der Waals surface area (Å²) in [6, 6.07) is 8.14. The van der Waals surface area contributed by atoms with Gasteiger partial charge in [0.1, 0.15) is 0 Å². The minimum Gasteiger partial charge on any atom is -0.459 e. The number of nitrogens with one attached hydrogen (secondary N) is 2. The molecule has 156 valence electrons. The number of carbonyl (C=O) groups excluding carboxylic acids is 2. The molecule has 1 unspecified atom stereocenters. The van der Waals surface area contributed by atoms with E-state index >= 15 is 0 Å². The average molecular weight is 419 g/mol. The predicted molar refractivity (Wildman–Crippen MR) is 115 cm³/mol. The second-order valence-electron chi connectivity index (χ2n) is 7.55. The van der Waals surface area contributed by atoms with Gasteiger partial charge in [-0.1, -0.05) is 11.6 Å². The third-order valence-electron chi connectivity index (χ3n) is 5.59. The monoisotopic (exact) mass is 418 g/mol. The first kappa shape index (κ1) is 21.2. The summed E-state index contributed by atoms with van der Waals surface area (Å²) < 4.78 is 5.07. The van der Waals surface area contributed by atoms with Gasteiger partial charge >= 0.3 is 6.03 Å². The van der Waals surface area contributed by atoms with Gasteiger partial charge in [-0.15, -0.1) is 0 Å². The summed E-state index contributed by atoms with van der Waals surface area (Å²) in [5, 5.41) is 5.90. The molecule has 1 aliphatic heterocycles. The summed E-state index contributed by atoms with van der Waals surface area (Å²) in [5.74, 6) is 0.299. The number of urea groups is 1. The van der Waals surface area contributed by atoms with E-state index in [-0.39, 0.29) is 23.7 Å². The van der Waals surface area contributed by atoms with Crippen LogP contribution in [0.5, 0.6) is 0 Å². The molecule has 1 fully saturated rings. The number of anilines is 2. The van der Waals surface area contributed by atoms with Gasteiger partial charge in [-0.3, -0.25) is 4.79 Å². The number of amides is 3. The van der Waals surface area contributed by atoms with Gasteiger partial charge in [0.2, 0.25) is 0 Å². The molecular weight excluding hydrogens is 392 g/mol. The smallest absolute Gasteiger partial charge is 0.321 e. The third kappa shape index (κ3) is 5.31. The lowest BCUT2D eigenvalue weighted by Crippen LogP contribution is -2.45. The van der Waals surface area contributed by atoms with Crippen LogP contribution in [0.15, 0.2) is 41.0 Å². The van der Waals surface area contributed by atoms with Crippen molar-refractivity contribution in [3.8, 4) is 0 Å². The van der Waals surface area contributed by atoms with Crippen LogP contribution in [0.25, 0.3) is 0 Å². The Morgan fingerprint density at radius 2 is 1.97 bits per heavy atom. The summed E-state index contributed by atoms with van der Waals surface area (Å²) in [5.41, 5.74) is 1.01. The molecule has 0 aliphatic carbocycles. The van der Waals surface area contributed by atoms with Crippen LogP contribution in [0.3, 0.4) is 0 Å². The Morgan fingerprint density at radius 3 is 2.59 bits per heavy atom. The van der Waals surface area contributed by atoms with E-state index in [9.17, 15) is 9.59 Å². The molecule has 1 aromatic carbocycles. The summed E-state index contributed by atoms with van der Waals surface area (Å²) in [6.45, 7) is 4.21. The quantitative estimate of drug-likeness (QED) is 0.755. The van der Waals surface area contributed by atoms with Crippen molar-refractivity contribution in [3.05, 3.63) is 47.4 Å². The molecule has 1 atom stereocenters. The molecule has 0 saturated carbocycles. The second-order valence-corrected chi connectivity index (χ2v) is 7.96. The minimum atomic E-state index is -0.389. The number of rotatable bonds is 5. The van der Waals surface area contributed by atoms with Crippen LogP contribution in [0, 0.1) is 5.92 Å². The SMILES string of the molecule is CC(C1CCN(C)CC1)N(C)C(=O)Nc1ccc(NC(=O)c2ccco2)c(Cl)c1. The van der Waals surface area contributed by atoms with Gasteiger partial charge in [0.25, 0.3) is 5.91 Å². The summed E-state index contributed by atoms with van der Waals surface area (Å²) in [7, 11) is 3.94. The van der Waals surface area contributed by atoms with Crippen molar-refractivity contribution in [3.63, 3.8) is 0 Å². The average Bonchev–Trinajstić information content (AvgIpc) is 3.24. The molecule has 29 heavy (non-hydrogen) atoms. The van der Waals surface area contributed by atoms with Crippen LogP contribution in [0.2, 0.25) is 5.02 Å². The summed E-state index contributed by atoms with van der Waals surface area (Å²) >= 11 is 6.28. The molecular formula is C21H27ClN4O3. The zero-order valence-corrected chi connectivity index (χ0v) is 17.7. The van der Waals surface area contributed by atoms with E-state index in [0.717, 1.165) is 25.9 Å². The lowest BCUT2D eigenvalue weighted by Gasteiger charge is -2.37. The summed E-state index contributed by atoms with van der Waals surface area (Å²) in [6.07, 6.45) is 3.61. The molecule has 3 rings (SSSR count). The fraction of sp³-hybridized carbons (Fsp3) is 0.429. The Balaban J connectivity index is 1.58. The number of furan rings is 1. The molecule has 0 spiro atoms. The van der Waals surface area contributed by atoms with Crippen molar-refractivity contribution < 1.29 is 14.0 Å². The van der Waals surface area contributed by atoms with Gasteiger partial charge in [0, 0.05) is 18.8 Å². The van der Waals surface area contributed by atoms with Crippen molar-refractivity contribution in [1.82, 2.24) is 9.80 Å². The molecule has 2 heterocycles. The highest BCUT2D eigenvalue weighted by Gasteiger charge is 2.27. The lowest BCUT2D eigenvalue weighted by molar-refractivity contribution is 0.0996.